The molecule has 5 heteroatoms. The number of nitrogens with one attached hydrogen (secondary N) is 1. The fraction of sp³-hybridized carbons (Fsp3) is 0.947. The number of aliphatic hydroxyl groups excluding tert-OH is 2. The number of carbonyl (C=O) groups excluding carboxylic acids is 1. The number of fused-ring (bicyclic) bond motifs is 1. The number of amides is 1. The molecule has 0 spiro atoms. The molecule has 138 valence electrons. The summed E-state index contributed by atoms with van der Waals surface area (Å²) in [7, 11) is 0. The summed E-state index contributed by atoms with van der Waals surface area (Å²) in [6.45, 7) is 5.26. The van der Waals surface area contributed by atoms with Gasteiger partial charge in [0.25, 0.3) is 0 Å². The van der Waals surface area contributed by atoms with Gasteiger partial charge in [0.05, 0.1) is 6.10 Å². The predicted molar refractivity (Wildman–Crippen MR) is 93.1 cm³/mol. The van der Waals surface area contributed by atoms with Crippen molar-refractivity contribution in [3.63, 3.8) is 0 Å². The Kier molecular flexibility index (Phi) is 4.98. The number of rotatable bonds is 3. The maximum Gasteiger partial charge on any atom is 0.220 e. The Labute approximate surface area is 145 Å². The zero-order valence-corrected chi connectivity index (χ0v) is 15.1. The Morgan fingerprint density at radius 1 is 1.21 bits per heavy atom. The minimum absolute atomic E-state index is 0.0286. The van der Waals surface area contributed by atoms with Gasteiger partial charge in [-0.1, -0.05) is 6.92 Å². The van der Waals surface area contributed by atoms with E-state index in [-0.39, 0.29) is 35.5 Å². The fourth-order valence-electron chi connectivity index (χ4n) is 6.28. The lowest BCUT2D eigenvalue weighted by molar-refractivity contribution is -0.134. The van der Waals surface area contributed by atoms with Crippen LogP contribution < -0.4 is 11.1 Å². The van der Waals surface area contributed by atoms with Crippen molar-refractivity contribution in [2.24, 2.45) is 34.8 Å². The van der Waals surface area contributed by atoms with Crippen LogP contribution in [0.2, 0.25) is 0 Å². The summed E-state index contributed by atoms with van der Waals surface area (Å²) in [5.41, 5.74) is 6.15. The largest absolute Gasteiger partial charge is 0.396 e. The second-order valence-corrected chi connectivity index (χ2v) is 8.97. The molecule has 3 aliphatic rings. The molecular formula is C19H34N2O3. The maximum atomic E-state index is 11.9. The predicted octanol–water partition coefficient (Wildman–Crippen LogP) is 1.42. The van der Waals surface area contributed by atoms with Crippen LogP contribution in [0.4, 0.5) is 0 Å². The lowest BCUT2D eigenvalue weighted by atomic mass is 9.49. The van der Waals surface area contributed by atoms with Gasteiger partial charge >= 0.3 is 0 Å². The van der Waals surface area contributed by atoms with E-state index >= 15 is 0 Å². The Balaban J connectivity index is 1.87. The number of hydrogen-bond acceptors (Lipinski definition) is 4. The van der Waals surface area contributed by atoms with Gasteiger partial charge in [-0.3, -0.25) is 4.79 Å². The zero-order valence-electron chi connectivity index (χ0n) is 15.1. The molecule has 7 atom stereocenters. The van der Waals surface area contributed by atoms with Gasteiger partial charge in [-0.2, -0.15) is 0 Å². The van der Waals surface area contributed by atoms with E-state index in [1.165, 1.54) is 0 Å². The molecule has 0 aromatic rings. The summed E-state index contributed by atoms with van der Waals surface area (Å²) in [4.78, 5) is 11.9. The molecule has 0 bridgehead atoms. The minimum atomic E-state index is -0.283. The first kappa shape index (κ1) is 18.2. The quantitative estimate of drug-likeness (QED) is 0.626. The fourth-order valence-corrected chi connectivity index (χ4v) is 6.28. The first-order valence-electron chi connectivity index (χ1n) is 9.64. The first-order chi connectivity index (χ1) is 11.3. The van der Waals surface area contributed by atoms with Gasteiger partial charge in [-0.05, 0) is 81.1 Å². The van der Waals surface area contributed by atoms with Crippen LogP contribution >= 0.6 is 0 Å². The molecule has 5 N–H and O–H groups in total. The Bertz CT molecular complexity index is 485. The molecule has 1 heterocycles. The molecule has 0 radical (unpaired) electrons. The third-order valence-electron chi connectivity index (χ3n) is 7.78. The molecule has 3 fully saturated rings. The van der Waals surface area contributed by atoms with Gasteiger partial charge in [0.1, 0.15) is 0 Å². The molecule has 0 aromatic carbocycles. The van der Waals surface area contributed by atoms with Crippen molar-refractivity contribution in [1.82, 2.24) is 5.32 Å². The monoisotopic (exact) mass is 338 g/mol. The Morgan fingerprint density at radius 3 is 2.62 bits per heavy atom. The normalized spacial score (nSPS) is 49.4. The number of hydrogen-bond donors (Lipinski definition) is 4. The van der Waals surface area contributed by atoms with Gasteiger partial charge in [0.2, 0.25) is 5.91 Å². The van der Waals surface area contributed by atoms with Crippen molar-refractivity contribution in [2.75, 3.05) is 13.2 Å². The van der Waals surface area contributed by atoms with E-state index < -0.39 is 0 Å². The van der Waals surface area contributed by atoms with E-state index in [1.54, 1.807) is 0 Å². The van der Waals surface area contributed by atoms with E-state index in [2.05, 4.69) is 19.2 Å². The van der Waals surface area contributed by atoms with Crippen molar-refractivity contribution < 1.29 is 15.0 Å². The second-order valence-electron chi connectivity index (χ2n) is 8.97. The van der Waals surface area contributed by atoms with E-state index in [0.717, 1.165) is 32.1 Å². The second kappa shape index (κ2) is 6.58. The molecule has 1 aliphatic heterocycles. The molecule has 1 saturated heterocycles. The molecule has 0 aromatic heterocycles. The van der Waals surface area contributed by atoms with Crippen LogP contribution in [0.25, 0.3) is 0 Å². The highest BCUT2D eigenvalue weighted by Crippen LogP contribution is 2.56. The molecule has 3 rings (SSSR count). The first-order valence-corrected chi connectivity index (χ1v) is 9.64. The average molecular weight is 338 g/mol. The summed E-state index contributed by atoms with van der Waals surface area (Å²) in [5, 5.41) is 23.2. The van der Waals surface area contributed by atoms with Crippen molar-refractivity contribution in [3.05, 3.63) is 0 Å². The van der Waals surface area contributed by atoms with Crippen molar-refractivity contribution >= 4 is 5.91 Å². The van der Waals surface area contributed by atoms with E-state index in [9.17, 15) is 15.0 Å². The third-order valence-corrected chi connectivity index (χ3v) is 7.78. The van der Waals surface area contributed by atoms with Crippen molar-refractivity contribution in [1.29, 1.82) is 0 Å². The number of carbonyl (C=O) groups is 1. The van der Waals surface area contributed by atoms with Crippen LogP contribution in [-0.2, 0) is 4.79 Å². The summed E-state index contributed by atoms with van der Waals surface area (Å²) in [5.74, 6) is 1.56. The third kappa shape index (κ3) is 2.89. The molecular weight excluding hydrogens is 304 g/mol. The average Bonchev–Trinajstić information content (AvgIpc) is 2.55. The summed E-state index contributed by atoms with van der Waals surface area (Å²) >= 11 is 0. The van der Waals surface area contributed by atoms with Gasteiger partial charge in [-0.25, -0.2) is 0 Å². The highest BCUT2D eigenvalue weighted by atomic mass is 16.3. The minimum Gasteiger partial charge on any atom is -0.396 e. The van der Waals surface area contributed by atoms with E-state index in [0.29, 0.717) is 37.1 Å². The van der Waals surface area contributed by atoms with Crippen LogP contribution in [0.5, 0.6) is 0 Å². The van der Waals surface area contributed by atoms with Crippen molar-refractivity contribution in [2.45, 2.75) is 70.4 Å². The highest BCUT2D eigenvalue weighted by Gasteiger charge is 2.55. The summed E-state index contributed by atoms with van der Waals surface area (Å²) in [6, 6.07) is 0. The number of aliphatic hydroxyl groups is 2. The highest BCUT2D eigenvalue weighted by molar-refractivity contribution is 5.77. The lowest BCUT2D eigenvalue weighted by Crippen LogP contribution is -2.63. The van der Waals surface area contributed by atoms with Crippen LogP contribution in [0.3, 0.4) is 0 Å². The van der Waals surface area contributed by atoms with Crippen LogP contribution in [-0.4, -0.2) is 40.9 Å². The van der Waals surface area contributed by atoms with E-state index in [4.69, 9.17) is 5.73 Å². The molecule has 0 unspecified atom stereocenters. The Hall–Kier alpha value is -0.650. The van der Waals surface area contributed by atoms with Gasteiger partial charge in [0.15, 0.2) is 0 Å². The number of nitrogens with two attached hydrogens (primary N) is 1. The molecule has 2 aliphatic carbocycles. The van der Waals surface area contributed by atoms with Crippen LogP contribution in [0.15, 0.2) is 0 Å². The van der Waals surface area contributed by atoms with Gasteiger partial charge in [-0.15, -0.1) is 0 Å². The molecule has 1 amide bonds. The topological polar surface area (TPSA) is 95.6 Å². The van der Waals surface area contributed by atoms with Crippen LogP contribution in [0.1, 0.15) is 58.8 Å². The molecule has 2 saturated carbocycles. The smallest absolute Gasteiger partial charge is 0.220 e. The number of piperidine rings is 1. The van der Waals surface area contributed by atoms with Crippen LogP contribution in [0, 0.1) is 29.1 Å². The van der Waals surface area contributed by atoms with E-state index in [1.807, 2.05) is 0 Å². The van der Waals surface area contributed by atoms with Gasteiger partial charge < -0.3 is 21.3 Å². The summed E-state index contributed by atoms with van der Waals surface area (Å²) in [6.07, 6.45) is 5.73. The molecule has 5 nitrogen and oxygen atoms in total. The standard InChI is InChI=1S/C19H34N2O3/c1-18(7-5-13(23)9-12(18)11-22)15-6-8-19(2)16(14(15)10-20)3-4-17(24)21-19/h12-16,22-23H,3-11,20H2,1-2H3,(H,21,24)/t12-,13+,14-,15+,16+,18+,19+/m1/s1. The molecule has 24 heavy (non-hydrogen) atoms. The van der Waals surface area contributed by atoms with Gasteiger partial charge in [0, 0.05) is 18.6 Å². The van der Waals surface area contributed by atoms with Crippen molar-refractivity contribution in [3.8, 4) is 0 Å². The Morgan fingerprint density at radius 2 is 1.96 bits per heavy atom. The summed E-state index contributed by atoms with van der Waals surface area (Å²) < 4.78 is 0. The lowest BCUT2D eigenvalue weighted by Gasteiger charge is -2.58. The SMILES string of the molecule is C[C@]1([C@H]2CC[C@]3(C)NC(=O)CC[C@H]3[C@@H]2CN)CC[C@H](O)C[C@@H]1CO. The maximum absolute atomic E-state index is 11.9. The zero-order chi connectivity index (χ0) is 17.5.